The number of nitrogens with one attached hydrogen (secondary N) is 3. The Morgan fingerprint density at radius 3 is 2.09 bits per heavy atom. The van der Waals surface area contributed by atoms with Crippen molar-refractivity contribution >= 4 is 63.6 Å². The lowest BCUT2D eigenvalue weighted by molar-refractivity contribution is -0.116. The molecule has 0 aliphatic rings. The van der Waals surface area contributed by atoms with Gasteiger partial charge in [0.2, 0.25) is 5.91 Å². The van der Waals surface area contributed by atoms with E-state index in [9.17, 15) is 19.2 Å². The van der Waals surface area contributed by atoms with Crippen molar-refractivity contribution < 1.29 is 23.9 Å². The largest absolute Gasteiger partial charge is 0.465 e. The number of carbonyl (C=O) groups is 4. The summed E-state index contributed by atoms with van der Waals surface area (Å²) in [6.45, 7) is 1.99. The maximum atomic E-state index is 14.1. The monoisotopic (exact) mass is 737 g/mol. The number of thioether (sulfide) groups is 1. The number of aryl methyl sites for hydroxylation is 1. The van der Waals surface area contributed by atoms with Gasteiger partial charge >= 0.3 is 5.97 Å². The number of methoxy groups -OCH3 is 1. The molecule has 6 rings (SSSR count). The van der Waals surface area contributed by atoms with Crippen LogP contribution in [0.4, 0.5) is 10.7 Å². The van der Waals surface area contributed by atoms with E-state index >= 15 is 0 Å². The van der Waals surface area contributed by atoms with Crippen molar-refractivity contribution in [1.29, 1.82) is 0 Å². The number of thiophene rings is 1. The fourth-order valence-electron chi connectivity index (χ4n) is 5.42. The molecule has 0 aliphatic carbocycles. The highest BCUT2D eigenvalue weighted by Gasteiger charge is 2.27. The first-order valence-corrected chi connectivity index (χ1v) is 18.4. The molecule has 0 aliphatic heterocycles. The zero-order valence-electron chi connectivity index (χ0n) is 28.9. The zero-order chi connectivity index (χ0) is 37.2. The molecule has 0 radical (unpaired) electrons. The summed E-state index contributed by atoms with van der Waals surface area (Å²) < 4.78 is 5.13. The van der Waals surface area contributed by atoms with Crippen LogP contribution in [0.25, 0.3) is 17.2 Å². The highest BCUT2D eigenvalue weighted by Crippen LogP contribution is 2.40. The molecule has 8 nitrogen and oxygen atoms in total. The smallest absolute Gasteiger partial charge is 0.341 e. The van der Waals surface area contributed by atoms with Crippen LogP contribution in [0.1, 0.15) is 42.7 Å². The molecule has 1 heterocycles. The fourth-order valence-corrected chi connectivity index (χ4v) is 7.46. The normalized spacial score (nSPS) is 11.6. The predicted molar refractivity (Wildman–Crippen MR) is 213 cm³/mol. The van der Waals surface area contributed by atoms with E-state index in [2.05, 4.69) is 16.0 Å². The van der Waals surface area contributed by atoms with Gasteiger partial charge in [0.15, 0.2) is 0 Å². The Balaban J connectivity index is 1.25. The van der Waals surface area contributed by atoms with Gasteiger partial charge in [0.05, 0.1) is 7.11 Å². The molecule has 3 amide bonds. The average Bonchev–Trinajstić information content (AvgIpc) is 3.61. The average molecular weight is 738 g/mol. The van der Waals surface area contributed by atoms with Gasteiger partial charge in [-0.15, -0.1) is 23.1 Å². The van der Waals surface area contributed by atoms with Gasteiger partial charge in [0.25, 0.3) is 11.8 Å². The first-order chi connectivity index (χ1) is 25.8. The molecule has 6 aromatic rings. The van der Waals surface area contributed by atoms with Crippen LogP contribution in [0.5, 0.6) is 0 Å². The van der Waals surface area contributed by atoms with Crippen molar-refractivity contribution in [2.24, 2.45) is 0 Å². The molecule has 1 unspecified atom stereocenters. The number of ether oxygens (including phenoxy) is 1. The van der Waals surface area contributed by atoms with E-state index in [4.69, 9.17) is 4.74 Å². The SMILES string of the molecule is COC(=O)c1c(-c2ccc(C)cc2)csc1NC(=O)C(Sc1cccc(NC(=O)/C(=C/c2ccccc2)NC(=O)c2ccccc2)c1)c1ccccc1. The molecular weight excluding hydrogens is 703 g/mol. The van der Waals surface area contributed by atoms with Crippen molar-refractivity contribution in [2.75, 3.05) is 17.7 Å². The molecular formula is C43H35N3O5S2. The summed E-state index contributed by atoms with van der Waals surface area (Å²) >= 11 is 2.55. The second-order valence-corrected chi connectivity index (χ2v) is 13.9. The Hall–Kier alpha value is -6.23. The number of carbonyl (C=O) groups excluding carboxylic acids is 4. The van der Waals surface area contributed by atoms with Gasteiger partial charge in [0.1, 0.15) is 21.5 Å². The van der Waals surface area contributed by atoms with E-state index < -0.39 is 23.0 Å². The number of hydrogen-bond acceptors (Lipinski definition) is 7. The second kappa shape index (κ2) is 17.3. The summed E-state index contributed by atoms with van der Waals surface area (Å²) in [5, 5.41) is 10.2. The first kappa shape index (κ1) is 36.6. The second-order valence-electron chi connectivity index (χ2n) is 11.9. The van der Waals surface area contributed by atoms with Crippen molar-refractivity contribution in [3.63, 3.8) is 0 Å². The Bertz CT molecular complexity index is 2250. The third-order valence-electron chi connectivity index (χ3n) is 8.11. The maximum Gasteiger partial charge on any atom is 0.341 e. The Labute approximate surface area is 315 Å². The molecule has 53 heavy (non-hydrogen) atoms. The summed E-state index contributed by atoms with van der Waals surface area (Å²) in [5.41, 5.74) is 5.30. The van der Waals surface area contributed by atoms with Crippen LogP contribution in [0.2, 0.25) is 0 Å². The number of amides is 3. The molecule has 5 aromatic carbocycles. The lowest BCUT2D eigenvalue weighted by Crippen LogP contribution is -2.30. The van der Waals surface area contributed by atoms with Crippen molar-refractivity contribution in [3.05, 3.63) is 178 Å². The topological polar surface area (TPSA) is 114 Å². The molecule has 0 bridgehead atoms. The van der Waals surface area contributed by atoms with Crippen LogP contribution in [0.15, 0.2) is 155 Å². The maximum absolute atomic E-state index is 14.1. The van der Waals surface area contributed by atoms with Crippen LogP contribution >= 0.6 is 23.1 Å². The van der Waals surface area contributed by atoms with E-state index in [0.29, 0.717) is 26.7 Å². The van der Waals surface area contributed by atoms with Gasteiger partial charge in [-0.05, 0) is 60.0 Å². The van der Waals surface area contributed by atoms with Crippen LogP contribution in [0.3, 0.4) is 0 Å². The van der Waals surface area contributed by atoms with Crippen molar-refractivity contribution in [3.8, 4) is 11.1 Å². The minimum atomic E-state index is -0.726. The first-order valence-electron chi connectivity index (χ1n) is 16.6. The van der Waals surface area contributed by atoms with Gasteiger partial charge in [-0.2, -0.15) is 0 Å². The molecule has 0 saturated carbocycles. The van der Waals surface area contributed by atoms with Gasteiger partial charge in [-0.1, -0.05) is 115 Å². The zero-order valence-corrected chi connectivity index (χ0v) is 30.5. The molecule has 0 saturated heterocycles. The van der Waals surface area contributed by atoms with Gasteiger partial charge in [-0.3, -0.25) is 14.4 Å². The third kappa shape index (κ3) is 9.36. The standard InChI is InChI=1S/C43H35N3O5S2/c1-28-21-23-30(24-22-28)35-27-52-42(37(35)43(50)51-2)46-41(49)38(31-15-8-4-9-16-31)53-34-20-12-19-33(26-34)44-40(48)36(25-29-13-6-3-7-14-29)45-39(47)32-17-10-5-11-18-32/h3-27,38H,1-2H3,(H,44,48)(H,45,47)(H,46,49)/b36-25-. The predicted octanol–water partition coefficient (Wildman–Crippen LogP) is 9.39. The number of benzene rings is 5. The lowest BCUT2D eigenvalue weighted by Gasteiger charge is -2.18. The van der Waals surface area contributed by atoms with Crippen LogP contribution in [-0.2, 0) is 14.3 Å². The molecule has 10 heteroatoms. The van der Waals surface area contributed by atoms with Gasteiger partial charge < -0.3 is 20.7 Å². The molecule has 1 atom stereocenters. The molecule has 0 fully saturated rings. The summed E-state index contributed by atoms with van der Waals surface area (Å²) in [4.78, 5) is 54.6. The van der Waals surface area contributed by atoms with Crippen LogP contribution in [-0.4, -0.2) is 30.8 Å². The molecule has 264 valence electrons. The third-order valence-corrected chi connectivity index (χ3v) is 10.2. The van der Waals surface area contributed by atoms with E-state index in [1.807, 2.05) is 109 Å². The van der Waals surface area contributed by atoms with Crippen LogP contribution < -0.4 is 16.0 Å². The quantitative estimate of drug-likeness (QED) is 0.0656. The van der Waals surface area contributed by atoms with Crippen LogP contribution in [0, 0.1) is 6.92 Å². The summed E-state index contributed by atoms with van der Waals surface area (Å²) in [5.74, 6) is -1.83. The number of anilines is 2. The van der Waals surface area contributed by atoms with E-state index in [1.165, 1.54) is 30.2 Å². The Morgan fingerprint density at radius 1 is 0.755 bits per heavy atom. The van der Waals surface area contributed by atoms with E-state index in [0.717, 1.165) is 22.3 Å². The van der Waals surface area contributed by atoms with E-state index in [1.54, 1.807) is 48.5 Å². The summed E-state index contributed by atoms with van der Waals surface area (Å²) in [6, 6.07) is 42.1. The van der Waals surface area contributed by atoms with Gasteiger partial charge in [0, 0.05) is 27.1 Å². The highest BCUT2D eigenvalue weighted by molar-refractivity contribution is 8.00. The van der Waals surface area contributed by atoms with Crippen molar-refractivity contribution in [2.45, 2.75) is 17.1 Å². The lowest BCUT2D eigenvalue weighted by atomic mass is 10.0. The fraction of sp³-hybridized carbons (Fsp3) is 0.0698. The van der Waals surface area contributed by atoms with E-state index in [-0.39, 0.29) is 17.2 Å². The summed E-state index contributed by atoms with van der Waals surface area (Å²) in [6.07, 6.45) is 1.61. The molecule has 0 spiro atoms. The Morgan fingerprint density at radius 2 is 1.42 bits per heavy atom. The number of esters is 1. The highest BCUT2D eigenvalue weighted by atomic mass is 32.2. The van der Waals surface area contributed by atoms with Crippen molar-refractivity contribution in [1.82, 2.24) is 5.32 Å². The minimum Gasteiger partial charge on any atom is -0.465 e. The minimum absolute atomic E-state index is 0.0620. The Kier molecular flexibility index (Phi) is 11.9. The molecule has 1 aromatic heterocycles. The number of rotatable bonds is 12. The van der Waals surface area contributed by atoms with Gasteiger partial charge in [-0.25, -0.2) is 4.79 Å². The molecule has 3 N–H and O–H groups in total. The summed E-state index contributed by atoms with van der Waals surface area (Å²) in [7, 11) is 1.32. The number of hydrogen-bond donors (Lipinski definition) is 3.